The Morgan fingerprint density at radius 2 is 2.21 bits per heavy atom. The highest BCUT2D eigenvalue weighted by atomic mass is 32.1. The SMILES string of the molecule is CC(C)c1c[nH]c(=S)n1CC1Cc2ccccc2O1. The Balaban J connectivity index is 1.81. The second-order valence-electron chi connectivity index (χ2n) is 5.34. The van der Waals surface area contributed by atoms with Crippen molar-refractivity contribution >= 4 is 12.2 Å². The Morgan fingerprint density at radius 1 is 1.42 bits per heavy atom. The first-order valence-corrected chi connectivity index (χ1v) is 7.08. The molecule has 100 valence electrons. The summed E-state index contributed by atoms with van der Waals surface area (Å²) in [6, 6.07) is 8.25. The first-order valence-electron chi connectivity index (χ1n) is 6.68. The Kier molecular flexibility index (Phi) is 3.19. The molecule has 0 spiro atoms. The number of para-hydroxylation sites is 1. The van der Waals surface area contributed by atoms with Crippen molar-refractivity contribution in [2.75, 3.05) is 0 Å². The van der Waals surface area contributed by atoms with Crippen LogP contribution < -0.4 is 4.74 Å². The van der Waals surface area contributed by atoms with Crippen LogP contribution in [-0.2, 0) is 13.0 Å². The van der Waals surface area contributed by atoms with Crippen LogP contribution in [0, 0.1) is 4.77 Å². The van der Waals surface area contributed by atoms with Crippen molar-refractivity contribution in [2.45, 2.75) is 38.8 Å². The van der Waals surface area contributed by atoms with E-state index >= 15 is 0 Å². The normalized spacial score (nSPS) is 17.5. The summed E-state index contributed by atoms with van der Waals surface area (Å²) < 4.78 is 8.93. The number of nitrogens with one attached hydrogen (secondary N) is 1. The predicted octanol–water partition coefficient (Wildman–Crippen LogP) is 3.67. The van der Waals surface area contributed by atoms with E-state index in [-0.39, 0.29) is 6.10 Å². The molecular formula is C15H18N2OS. The lowest BCUT2D eigenvalue weighted by atomic mass is 10.1. The van der Waals surface area contributed by atoms with Crippen LogP contribution in [0.25, 0.3) is 0 Å². The van der Waals surface area contributed by atoms with Gasteiger partial charge < -0.3 is 14.3 Å². The molecule has 4 heteroatoms. The summed E-state index contributed by atoms with van der Waals surface area (Å²) >= 11 is 5.37. The molecule has 0 amide bonds. The minimum absolute atomic E-state index is 0.178. The molecule has 2 heterocycles. The van der Waals surface area contributed by atoms with E-state index in [9.17, 15) is 0 Å². The van der Waals surface area contributed by atoms with Gasteiger partial charge in [0, 0.05) is 18.3 Å². The second kappa shape index (κ2) is 4.85. The molecule has 1 aromatic heterocycles. The number of ether oxygens (including phenoxy) is 1. The molecule has 0 bridgehead atoms. The minimum atomic E-state index is 0.178. The molecule has 0 aliphatic carbocycles. The van der Waals surface area contributed by atoms with Crippen molar-refractivity contribution in [2.24, 2.45) is 0 Å². The molecule has 3 rings (SSSR count). The van der Waals surface area contributed by atoms with Crippen molar-refractivity contribution < 1.29 is 4.74 Å². The zero-order valence-electron chi connectivity index (χ0n) is 11.2. The quantitative estimate of drug-likeness (QED) is 0.865. The van der Waals surface area contributed by atoms with Crippen molar-refractivity contribution in [3.05, 3.63) is 46.5 Å². The van der Waals surface area contributed by atoms with Gasteiger partial charge in [-0.25, -0.2) is 0 Å². The fraction of sp³-hybridized carbons (Fsp3) is 0.400. The monoisotopic (exact) mass is 274 g/mol. The highest BCUT2D eigenvalue weighted by Crippen LogP contribution is 2.29. The van der Waals surface area contributed by atoms with E-state index in [1.54, 1.807) is 0 Å². The third kappa shape index (κ3) is 2.32. The molecule has 19 heavy (non-hydrogen) atoms. The average Bonchev–Trinajstić information content (AvgIpc) is 2.94. The molecule has 1 aliphatic heterocycles. The topological polar surface area (TPSA) is 29.9 Å². The largest absolute Gasteiger partial charge is 0.488 e. The molecule has 0 saturated carbocycles. The fourth-order valence-electron chi connectivity index (χ4n) is 2.63. The standard InChI is InChI=1S/C15H18N2OS/c1-10(2)13-8-16-15(19)17(13)9-12-7-11-5-3-4-6-14(11)18-12/h3-6,8,10,12H,7,9H2,1-2H3,(H,16,19). The molecule has 1 atom stereocenters. The number of rotatable bonds is 3. The van der Waals surface area contributed by atoms with Crippen molar-refractivity contribution in [1.29, 1.82) is 0 Å². The van der Waals surface area contributed by atoms with Crippen LogP contribution in [0.15, 0.2) is 30.5 Å². The smallest absolute Gasteiger partial charge is 0.177 e. The molecule has 2 aromatic rings. The van der Waals surface area contributed by atoms with Crippen LogP contribution in [0.4, 0.5) is 0 Å². The maximum atomic E-state index is 5.99. The number of aromatic nitrogens is 2. The van der Waals surface area contributed by atoms with Crippen LogP contribution in [0.1, 0.15) is 31.0 Å². The third-order valence-corrected chi connectivity index (χ3v) is 3.93. The Morgan fingerprint density at radius 3 is 2.95 bits per heavy atom. The van der Waals surface area contributed by atoms with E-state index in [1.807, 2.05) is 18.3 Å². The Hall–Kier alpha value is -1.55. The van der Waals surface area contributed by atoms with E-state index in [2.05, 4.69) is 35.5 Å². The Bertz CT molecular complexity index is 617. The van der Waals surface area contributed by atoms with Crippen molar-refractivity contribution in [1.82, 2.24) is 9.55 Å². The van der Waals surface area contributed by atoms with Crippen molar-refractivity contribution in [3.8, 4) is 5.75 Å². The summed E-state index contributed by atoms with van der Waals surface area (Å²) in [6.07, 6.45) is 3.15. The first-order chi connectivity index (χ1) is 9.15. The molecule has 0 saturated heterocycles. The van der Waals surface area contributed by atoms with Crippen LogP contribution in [0.3, 0.4) is 0 Å². The molecular weight excluding hydrogens is 256 g/mol. The number of aromatic amines is 1. The zero-order valence-corrected chi connectivity index (χ0v) is 12.0. The molecule has 1 aliphatic rings. The van der Waals surface area contributed by atoms with Gasteiger partial charge in [-0.05, 0) is 29.8 Å². The highest BCUT2D eigenvalue weighted by molar-refractivity contribution is 7.71. The second-order valence-corrected chi connectivity index (χ2v) is 5.72. The van der Waals surface area contributed by atoms with E-state index in [0.29, 0.717) is 5.92 Å². The van der Waals surface area contributed by atoms with Gasteiger partial charge in [0.1, 0.15) is 11.9 Å². The lowest BCUT2D eigenvalue weighted by molar-refractivity contribution is 0.207. The molecule has 3 nitrogen and oxygen atoms in total. The predicted molar refractivity (Wildman–Crippen MR) is 78.3 cm³/mol. The maximum absolute atomic E-state index is 5.99. The number of imidazole rings is 1. The summed E-state index contributed by atoms with van der Waals surface area (Å²) in [6.45, 7) is 5.17. The van der Waals surface area contributed by atoms with E-state index in [1.165, 1.54) is 11.3 Å². The molecule has 0 fully saturated rings. The fourth-order valence-corrected chi connectivity index (χ4v) is 2.87. The van der Waals surface area contributed by atoms with Gasteiger partial charge in [0.25, 0.3) is 0 Å². The van der Waals surface area contributed by atoms with Gasteiger partial charge in [-0.1, -0.05) is 32.0 Å². The van der Waals surface area contributed by atoms with Gasteiger partial charge in [0.15, 0.2) is 4.77 Å². The summed E-state index contributed by atoms with van der Waals surface area (Å²) in [7, 11) is 0. The van der Waals surface area contributed by atoms with Gasteiger partial charge in [-0.2, -0.15) is 0 Å². The Labute approximate surface area is 118 Å². The van der Waals surface area contributed by atoms with E-state index in [0.717, 1.165) is 23.5 Å². The molecule has 1 aromatic carbocycles. The number of hydrogen-bond donors (Lipinski definition) is 1. The first kappa shape index (κ1) is 12.5. The van der Waals surface area contributed by atoms with E-state index < -0.39 is 0 Å². The zero-order chi connectivity index (χ0) is 13.4. The summed E-state index contributed by atoms with van der Waals surface area (Å²) in [4.78, 5) is 3.14. The summed E-state index contributed by atoms with van der Waals surface area (Å²) in [5, 5.41) is 0. The highest BCUT2D eigenvalue weighted by Gasteiger charge is 2.23. The molecule has 0 radical (unpaired) electrons. The summed E-state index contributed by atoms with van der Waals surface area (Å²) in [5.74, 6) is 1.47. The van der Waals surface area contributed by atoms with Gasteiger partial charge in [-0.3, -0.25) is 0 Å². The minimum Gasteiger partial charge on any atom is -0.488 e. The van der Waals surface area contributed by atoms with Gasteiger partial charge in [-0.15, -0.1) is 0 Å². The number of benzene rings is 1. The number of nitrogens with zero attached hydrogens (tertiary/aromatic N) is 1. The lowest BCUT2D eigenvalue weighted by Crippen LogP contribution is -2.22. The van der Waals surface area contributed by atoms with Crippen LogP contribution in [0.2, 0.25) is 0 Å². The van der Waals surface area contributed by atoms with Crippen LogP contribution >= 0.6 is 12.2 Å². The number of hydrogen-bond acceptors (Lipinski definition) is 2. The molecule has 1 N–H and O–H groups in total. The van der Waals surface area contributed by atoms with Gasteiger partial charge in [0.05, 0.1) is 6.54 Å². The van der Waals surface area contributed by atoms with Crippen LogP contribution in [0.5, 0.6) is 5.75 Å². The lowest BCUT2D eigenvalue weighted by Gasteiger charge is -2.15. The molecule has 1 unspecified atom stereocenters. The van der Waals surface area contributed by atoms with Gasteiger partial charge in [0.2, 0.25) is 0 Å². The van der Waals surface area contributed by atoms with Gasteiger partial charge >= 0.3 is 0 Å². The van der Waals surface area contributed by atoms with Crippen LogP contribution in [-0.4, -0.2) is 15.7 Å². The van der Waals surface area contributed by atoms with Crippen molar-refractivity contribution in [3.63, 3.8) is 0 Å². The summed E-state index contributed by atoms with van der Waals surface area (Å²) in [5.41, 5.74) is 2.53. The number of fused-ring (bicyclic) bond motifs is 1. The number of H-pyrrole nitrogens is 1. The maximum Gasteiger partial charge on any atom is 0.177 e. The van der Waals surface area contributed by atoms with E-state index in [4.69, 9.17) is 17.0 Å². The third-order valence-electron chi connectivity index (χ3n) is 3.59. The average molecular weight is 274 g/mol.